The topological polar surface area (TPSA) is 87.6 Å². The molecule has 3 aromatic carbocycles. The molecule has 8 heteroatoms. The fraction of sp³-hybridized carbons (Fsp3) is 0.148. The predicted octanol–water partition coefficient (Wildman–Crippen LogP) is 7.34. The average molecular weight is 509 g/mol. The lowest BCUT2D eigenvalue weighted by atomic mass is 10.1. The molecule has 0 bridgehead atoms. The van der Waals surface area contributed by atoms with Gasteiger partial charge in [-0.2, -0.15) is 0 Å². The quantitative estimate of drug-likeness (QED) is 0.236. The molecule has 0 aliphatic rings. The zero-order chi connectivity index (χ0) is 25.1. The van der Waals surface area contributed by atoms with Crippen LogP contribution >= 0.6 is 22.9 Å². The summed E-state index contributed by atoms with van der Waals surface area (Å²) in [4.78, 5) is 7.67. The molecule has 0 fully saturated rings. The maximum absolute atomic E-state index is 9.90. The molecule has 0 saturated heterocycles. The van der Waals surface area contributed by atoms with Crippen LogP contribution in [0.4, 0.5) is 0 Å². The number of rotatable bonds is 4. The normalized spacial score (nSPS) is 10.7. The van der Waals surface area contributed by atoms with Crippen molar-refractivity contribution in [3.05, 3.63) is 76.9 Å². The van der Waals surface area contributed by atoms with Crippen molar-refractivity contribution >= 4 is 33.2 Å². The standard InChI is InChI=1S/C15H12ClNOS.C12H13NO3/c1-8-5-10(6-9(2)14(8)18)15-17-12-7-11(16)3-4-13(12)19-15;1-15-10-6-5-8(9-4-3-7-13-9)12(16-2)11(10)14/h3-7,18H,1-2H3;3-7,13-14H,1-2H3. The van der Waals surface area contributed by atoms with Gasteiger partial charge in [0.1, 0.15) is 10.8 Å². The molecule has 3 N–H and O–H groups in total. The van der Waals surface area contributed by atoms with E-state index in [0.29, 0.717) is 22.3 Å². The monoisotopic (exact) mass is 508 g/mol. The van der Waals surface area contributed by atoms with Crippen LogP contribution in [0.25, 0.3) is 32.0 Å². The van der Waals surface area contributed by atoms with Crippen molar-refractivity contribution in [2.45, 2.75) is 13.8 Å². The van der Waals surface area contributed by atoms with E-state index in [9.17, 15) is 10.2 Å². The van der Waals surface area contributed by atoms with Gasteiger partial charge in [0.25, 0.3) is 0 Å². The summed E-state index contributed by atoms with van der Waals surface area (Å²) in [7, 11) is 3.02. The summed E-state index contributed by atoms with van der Waals surface area (Å²) >= 11 is 7.61. The van der Waals surface area contributed by atoms with Gasteiger partial charge in [0.2, 0.25) is 5.75 Å². The Labute approximate surface area is 212 Å². The van der Waals surface area contributed by atoms with Gasteiger partial charge in [-0.15, -0.1) is 11.3 Å². The second-order valence-corrected chi connectivity index (χ2v) is 9.34. The number of nitrogens with one attached hydrogen (secondary N) is 1. The summed E-state index contributed by atoms with van der Waals surface area (Å²) in [6.07, 6.45) is 1.82. The fourth-order valence-electron chi connectivity index (χ4n) is 3.74. The Morgan fingerprint density at radius 2 is 1.66 bits per heavy atom. The first kappa shape index (κ1) is 24.4. The highest BCUT2D eigenvalue weighted by Crippen LogP contribution is 2.42. The predicted molar refractivity (Wildman–Crippen MR) is 142 cm³/mol. The number of aromatic hydroxyl groups is 2. The van der Waals surface area contributed by atoms with Crippen molar-refractivity contribution < 1.29 is 19.7 Å². The Hall–Kier alpha value is -3.68. The van der Waals surface area contributed by atoms with Gasteiger partial charge in [-0.3, -0.25) is 0 Å². The molecular weight excluding hydrogens is 484 g/mol. The van der Waals surface area contributed by atoms with E-state index in [1.165, 1.54) is 14.2 Å². The number of ether oxygens (including phenoxy) is 2. The minimum absolute atomic E-state index is 0.0112. The fourth-order valence-corrected chi connectivity index (χ4v) is 4.84. The number of thiazole rings is 1. The first-order chi connectivity index (χ1) is 16.8. The summed E-state index contributed by atoms with van der Waals surface area (Å²) in [5, 5.41) is 21.4. The Balaban J connectivity index is 0.000000168. The van der Waals surface area contributed by atoms with E-state index in [-0.39, 0.29) is 5.75 Å². The number of phenolic OH excluding ortho intramolecular Hbond substituents is 2. The zero-order valence-electron chi connectivity index (χ0n) is 19.7. The summed E-state index contributed by atoms with van der Waals surface area (Å²) in [6, 6.07) is 17.0. The molecule has 2 heterocycles. The number of phenols is 2. The van der Waals surface area contributed by atoms with Gasteiger partial charge in [0.15, 0.2) is 11.5 Å². The van der Waals surface area contributed by atoms with Crippen LogP contribution in [0.5, 0.6) is 23.0 Å². The summed E-state index contributed by atoms with van der Waals surface area (Å²) < 4.78 is 11.3. The number of aryl methyl sites for hydroxylation is 2. The Kier molecular flexibility index (Phi) is 7.19. The molecule has 0 atom stereocenters. The summed E-state index contributed by atoms with van der Waals surface area (Å²) in [5.74, 6) is 1.17. The molecule has 0 spiro atoms. The molecule has 0 radical (unpaired) electrons. The van der Waals surface area contributed by atoms with Crippen molar-refractivity contribution in [1.29, 1.82) is 0 Å². The Bertz CT molecular complexity index is 1460. The first-order valence-corrected chi connectivity index (χ1v) is 12.0. The largest absolute Gasteiger partial charge is 0.507 e. The Morgan fingerprint density at radius 3 is 2.29 bits per heavy atom. The van der Waals surface area contributed by atoms with Crippen LogP contribution in [0.15, 0.2) is 60.8 Å². The number of aromatic amines is 1. The number of H-pyrrole nitrogens is 1. The maximum atomic E-state index is 9.90. The maximum Gasteiger partial charge on any atom is 0.201 e. The number of benzene rings is 3. The van der Waals surface area contributed by atoms with E-state index in [0.717, 1.165) is 43.2 Å². The molecule has 0 unspecified atom stereocenters. The smallest absolute Gasteiger partial charge is 0.201 e. The van der Waals surface area contributed by atoms with Crippen molar-refractivity contribution in [3.63, 3.8) is 0 Å². The van der Waals surface area contributed by atoms with Gasteiger partial charge in [-0.25, -0.2) is 4.98 Å². The number of methoxy groups -OCH3 is 2. The van der Waals surface area contributed by atoms with Crippen LogP contribution in [0.2, 0.25) is 5.02 Å². The molecule has 2 aromatic heterocycles. The SMILES string of the molecule is COc1ccc(-c2ccc[nH]2)c(OC)c1O.Cc1cc(-c2nc3cc(Cl)ccc3s2)cc(C)c1O. The molecule has 5 rings (SSSR count). The first-order valence-electron chi connectivity index (χ1n) is 10.8. The average Bonchev–Trinajstić information content (AvgIpc) is 3.52. The molecule has 0 aliphatic carbocycles. The van der Waals surface area contributed by atoms with E-state index < -0.39 is 0 Å². The minimum atomic E-state index is 0.0112. The van der Waals surface area contributed by atoms with E-state index >= 15 is 0 Å². The third kappa shape index (κ3) is 5.06. The van der Waals surface area contributed by atoms with Crippen LogP contribution in [-0.4, -0.2) is 34.4 Å². The van der Waals surface area contributed by atoms with Crippen molar-refractivity contribution in [2.24, 2.45) is 0 Å². The van der Waals surface area contributed by atoms with Gasteiger partial charge in [-0.05, 0) is 79.6 Å². The lowest BCUT2D eigenvalue weighted by molar-refractivity contribution is 0.341. The molecule has 0 amide bonds. The highest BCUT2D eigenvalue weighted by Gasteiger charge is 2.15. The van der Waals surface area contributed by atoms with E-state index in [4.69, 9.17) is 21.1 Å². The van der Waals surface area contributed by atoms with Gasteiger partial charge >= 0.3 is 0 Å². The highest BCUT2D eigenvalue weighted by atomic mass is 35.5. The van der Waals surface area contributed by atoms with Crippen molar-refractivity contribution in [1.82, 2.24) is 9.97 Å². The molecule has 6 nitrogen and oxygen atoms in total. The second-order valence-electron chi connectivity index (χ2n) is 7.87. The zero-order valence-corrected chi connectivity index (χ0v) is 21.3. The number of hydrogen-bond acceptors (Lipinski definition) is 6. The molecular formula is C27H25ClN2O4S. The number of aromatic nitrogens is 2. The molecule has 0 aliphatic heterocycles. The molecule has 35 heavy (non-hydrogen) atoms. The van der Waals surface area contributed by atoms with Crippen molar-refractivity contribution in [3.8, 4) is 44.8 Å². The number of hydrogen-bond donors (Lipinski definition) is 3. The van der Waals surface area contributed by atoms with Crippen LogP contribution in [0.1, 0.15) is 11.1 Å². The van der Waals surface area contributed by atoms with Crippen LogP contribution < -0.4 is 9.47 Å². The van der Waals surface area contributed by atoms with Gasteiger partial charge < -0.3 is 24.7 Å². The van der Waals surface area contributed by atoms with Crippen LogP contribution in [0.3, 0.4) is 0 Å². The van der Waals surface area contributed by atoms with Gasteiger partial charge in [-0.1, -0.05) is 11.6 Å². The van der Waals surface area contributed by atoms with E-state index in [1.807, 2.05) is 68.6 Å². The third-order valence-electron chi connectivity index (χ3n) is 5.49. The molecule has 0 saturated carbocycles. The highest BCUT2D eigenvalue weighted by molar-refractivity contribution is 7.21. The number of fused-ring (bicyclic) bond motifs is 1. The van der Waals surface area contributed by atoms with Crippen molar-refractivity contribution in [2.75, 3.05) is 14.2 Å². The molecule has 5 aromatic rings. The minimum Gasteiger partial charge on any atom is -0.507 e. The van der Waals surface area contributed by atoms with Crippen LogP contribution in [0, 0.1) is 13.8 Å². The lowest BCUT2D eigenvalue weighted by Gasteiger charge is -2.11. The molecule has 180 valence electrons. The lowest BCUT2D eigenvalue weighted by Crippen LogP contribution is -1.92. The van der Waals surface area contributed by atoms with Gasteiger partial charge in [0.05, 0.1) is 24.4 Å². The number of nitrogens with zero attached hydrogens (tertiary/aromatic N) is 1. The van der Waals surface area contributed by atoms with Gasteiger partial charge in [0, 0.05) is 28.0 Å². The van der Waals surface area contributed by atoms with E-state index in [2.05, 4.69) is 9.97 Å². The van der Waals surface area contributed by atoms with E-state index in [1.54, 1.807) is 17.4 Å². The second kappa shape index (κ2) is 10.3. The third-order valence-corrected chi connectivity index (χ3v) is 6.81. The summed E-state index contributed by atoms with van der Waals surface area (Å²) in [5.41, 5.74) is 5.36. The summed E-state index contributed by atoms with van der Waals surface area (Å²) in [6.45, 7) is 3.80. The Morgan fingerprint density at radius 1 is 0.914 bits per heavy atom. The van der Waals surface area contributed by atoms with Crippen LogP contribution in [-0.2, 0) is 0 Å². The number of halogens is 1.